The molecule has 6 nitrogen and oxygen atoms in total. The predicted molar refractivity (Wildman–Crippen MR) is 105 cm³/mol. The minimum Gasteiger partial charge on any atom is -0.495 e. The highest BCUT2D eigenvalue weighted by molar-refractivity contribution is 7.89. The average Bonchev–Trinajstić information content (AvgIpc) is 2.69. The zero-order chi connectivity index (χ0) is 19.4. The highest BCUT2D eigenvalue weighted by Gasteiger charge is 2.37. The summed E-state index contributed by atoms with van der Waals surface area (Å²) in [7, 11) is -2.23. The van der Waals surface area contributed by atoms with Crippen LogP contribution in [0.3, 0.4) is 0 Å². The number of sulfonamides is 1. The van der Waals surface area contributed by atoms with Gasteiger partial charge in [0.15, 0.2) is 0 Å². The molecule has 2 aromatic carbocycles. The molecular formula is C19H21ClN2O4S. The van der Waals surface area contributed by atoms with Crippen LogP contribution in [0.5, 0.6) is 5.75 Å². The number of carbonyl (C=O) groups excluding carboxylic acids is 1. The van der Waals surface area contributed by atoms with Crippen LogP contribution < -0.4 is 10.1 Å². The average molecular weight is 409 g/mol. The van der Waals surface area contributed by atoms with Gasteiger partial charge in [0.2, 0.25) is 15.9 Å². The number of ether oxygens (including phenoxy) is 1. The number of anilines is 1. The van der Waals surface area contributed by atoms with Crippen molar-refractivity contribution < 1.29 is 17.9 Å². The quantitative estimate of drug-likeness (QED) is 0.821. The molecule has 1 atom stereocenters. The third-order valence-corrected chi connectivity index (χ3v) is 6.74. The van der Waals surface area contributed by atoms with Crippen molar-refractivity contribution in [3.05, 3.63) is 53.6 Å². The molecule has 0 spiro atoms. The lowest BCUT2D eigenvalue weighted by molar-refractivity contribution is -0.120. The monoisotopic (exact) mass is 408 g/mol. The van der Waals surface area contributed by atoms with Gasteiger partial charge in [-0.25, -0.2) is 8.42 Å². The normalized spacial score (nSPS) is 18.1. The minimum absolute atomic E-state index is 0.192. The number of nitrogens with one attached hydrogen (secondary N) is 1. The van der Waals surface area contributed by atoms with E-state index in [-0.39, 0.29) is 10.8 Å². The number of halogens is 1. The number of nitrogens with zero attached hydrogens (tertiary/aromatic N) is 1. The smallest absolute Gasteiger partial charge is 0.243 e. The summed E-state index contributed by atoms with van der Waals surface area (Å²) in [6.07, 6.45) is 1.99. The van der Waals surface area contributed by atoms with Crippen molar-refractivity contribution in [2.45, 2.75) is 30.2 Å². The Morgan fingerprint density at radius 3 is 2.59 bits per heavy atom. The van der Waals surface area contributed by atoms with Crippen molar-refractivity contribution in [1.29, 1.82) is 0 Å². The van der Waals surface area contributed by atoms with Crippen LogP contribution >= 0.6 is 11.6 Å². The van der Waals surface area contributed by atoms with Crippen molar-refractivity contribution in [3.8, 4) is 5.75 Å². The lowest BCUT2D eigenvalue weighted by Crippen LogP contribution is -2.49. The molecule has 0 aliphatic carbocycles. The number of carbonyl (C=O) groups is 1. The van der Waals surface area contributed by atoms with E-state index >= 15 is 0 Å². The molecule has 3 rings (SSSR count). The second kappa shape index (κ2) is 8.29. The van der Waals surface area contributed by atoms with Crippen LogP contribution in [0.2, 0.25) is 5.02 Å². The predicted octanol–water partition coefficient (Wildman–Crippen LogP) is 3.53. The third-order valence-electron chi connectivity index (χ3n) is 4.53. The SMILES string of the molecule is COc1ccc(NC(=O)[C@H]2CCCCN2S(=O)(=O)c2ccccc2)cc1Cl. The van der Waals surface area contributed by atoms with E-state index in [1.54, 1.807) is 48.5 Å². The van der Waals surface area contributed by atoms with Crippen molar-refractivity contribution in [1.82, 2.24) is 4.31 Å². The van der Waals surface area contributed by atoms with E-state index in [0.717, 1.165) is 12.8 Å². The van der Waals surface area contributed by atoms with Crippen molar-refractivity contribution in [2.24, 2.45) is 0 Å². The van der Waals surface area contributed by atoms with E-state index in [9.17, 15) is 13.2 Å². The fourth-order valence-electron chi connectivity index (χ4n) is 3.15. The van der Waals surface area contributed by atoms with Crippen LogP contribution in [0, 0.1) is 0 Å². The van der Waals surface area contributed by atoms with Gasteiger partial charge in [0.1, 0.15) is 11.8 Å². The van der Waals surface area contributed by atoms with E-state index in [0.29, 0.717) is 29.4 Å². The molecule has 0 radical (unpaired) electrons. The molecule has 1 aliphatic heterocycles. The standard InChI is InChI=1S/C19H21ClN2O4S/c1-26-18-11-10-14(13-16(18)20)21-19(23)17-9-5-6-12-22(17)27(24,25)15-7-3-2-4-8-15/h2-4,7-8,10-11,13,17H,5-6,9,12H2,1H3,(H,21,23)/t17-/m1/s1. The summed E-state index contributed by atoms with van der Waals surface area (Å²) in [5.41, 5.74) is 0.494. The number of rotatable bonds is 5. The molecular weight excluding hydrogens is 388 g/mol. The summed E-state index contributed by atoms with van der Waals surface area (Å²) >= 11 is 6.10. The Kier molecular flexibility index (Phi) is 6.04. The minimum atomic E-state index is -3.74. The molecule has 0 saturated carbocycles. The van der Waals surface area contributed by atoms with Gasteiger partial charge < -0.3 is 10.1 Å². The van der Waals surface area contributed by atoms with E-state index < -0.39 is 16.1 Å². The number of hydrogen-bond acceptors (Lipinski definition) is 4. The Labute approximate surface area is 164 Å². The van der Waals surface area contributed by atoms with Crippen LogP contribution in [0.1, 0.15) is 19.3 Å². The maximum absolute atomic E-state index is 13.0. The largest absolute Gasteiger partial charge is 0.495 e. The van der Waals surface area contributed by atoms with Gasteiger partial charge in [0, 0.05) is 12.2 Å². The van der Waals surface area contributed by atoms with Gasteiger partial charge in [0.05, 0.1) is 17.0 Å². The van der Waals surface area contributed by atoms with Crippen molar-refractivity contribution in [2.75, 3.05) is 19.0 Å². The molecule has 144 valence electrons. The first-order chi connectivity index (χ1) is 12.9. The zero-order valence-corrected chi connectivity index (χ0v) is 16.5. The number of piperidine rings is 1. The Morgan fingerprint density at radius 1 is 1.19 bits per heavy atom. The van der Waals surface area contributed by atoms with Crippen LogP contribution in [0.25, 0.3) is 0 Å². The molecule has 2 aromatic rings. The van der Waals surface area contributed by atoms with E-state index in [4.69, 9.17) is 16.3 Å². The number of amides is 1. The lowest BCUT2D eigenvalue weighted by Gasteiger charge is -2.33. The first-order valence-corrected chi connectivity index (χ1v) is 10.5. The summed E-state index contributed by atoms with van der Waals surface area (Å²) in [5, 5.41) is 3.14. The van der Waals surface area contributed by atoms with Gasteiger partial charge >= 0.3 is 0 Å². The maximum Gasteiger partial charge on any atom is 0.243 e. The Balaban J connectivity index is 1.83. The second-order valence-corrected chi connectivity index (χ2v) is 8.58. The molecule has 1 saturated heterocycles. The highest BCUT2D eigenvalue weighted by atomic mass is 35.5. The third kappa shape index (κ3) is 4.26. The van der Waals surface area contributed by atoms with Crippen molar-refractivity contribution >= 4 is 33.2 Å². The van der Waals surface area contributed by atoms with Crippen molar-refractivity contribution in [3.63, 3.8) is 0 Å². The lowest BCUT2D eigenvalue weighted by atomic mass is 10.0. The van der Waals surface area contributed by atoms with Gasteiger partial charge in [-0.05, 0) is 43.2 Å². The van der Waals surface area contributed by atoms with Gasteiger partial charge in [-0.1, -0.05) is 36.2 Å². The summed E-state index contributed by atoms with van der Waals surface area (Å²) < 4.78 is 32.4. The molecule has 1 fully saturated rings. The summed E-state index contributed by atoms with van der Waals surface area (Å²) in [5.74, 6) is 0.135. The molecule has 1 amide bonds. The number of benzene rings is 2. The van der Waals surface area contributed by atoms with Gasteiger partial charge in [-0.2, -0.15) is 4.31 Å². The van der Waals surface area contributed by atoms with E-state index in [1.807, 2.05) is 0 Å². The van der Waals surface area contributed by atoms with Gasteiger partial charge in [-0.3, -0.25) is 4.79 Å². The van der Waals surface area contributed by atoms with Crippen LogP contribution in [0.15, 0.2) is 53.4 Å². The zero-order valence-electron chi connectivity index (χ0n) is 14.9. The fourth-order valence-corrected chi connectivity index (χ4v) is 5.09. The van der Waals surface area contributed by atoms with E-state index in [2.05, 4.69) is 5.32 Å². The first kappa shape index (κ1) is 19.7. The molecule has 27 heavy (non-hydrogen) atoms. The Hall–Kier alpha value is -2.09. The molecule has 1 N–H and O–H groups in total. The van der Waals surface area contributed by atoms with Gasteiger partial charge in [-0.15, -0.1) is 0 Å². The summed E-state index contributed by atoms with van der Waals surface area (Å²) in [4.78, 5) is 13.0. The maximum atomic E-state index is 13.0. The summed E-state index contributed by atoms with van der Waals surface area (Å²) in [6, 6.07) is 12.3. The highest BCUT2D eigenvalue weighted by Crippen LogP contribution is 2.29. The molecule has 0 unspecified atom stereocenters. The first-order valence-electron chi connectivity index (χ1n) is 8.65. The van der Waals surface area contributed by atoms with Crippen LogP contribution in [-0.4, -0.2) is 38.3 Å². The summed E-state index contributed by atoms with van der Waals surface area (Å²) in [6.45, 7) is 0.318. The number of hydrogen-bond donors (Lipinski definition) is 1. The molecule has 0 aromatic heterocycles. The Bertz CT molecular complexity index is 919. The fraction of sp³-hybridized carbons (Fsp3) is 0.316. The molecule has 1 heterocycles. The molecule has 0 bridgehead atoms. The molecule has 8 heteroatoms. The Morgan fingerprint density at radius 2 is 1.93 bits per heavy atom. The molecule has 1 aliphatic rings. The van der Waals surface area contributed by atoms with E-state index in [1.165, 1.54) is 11.4 Å². The van der Waals surface area contributed by atoms with Gasteiger partial charge in [0.25, 0.3) is 0 Å². The number of methoxy groups -OCH3 is 1. The topological polar surface area (TPSA) is 75.7 Å². The van der Waals surface area contributed by atoms with Crippen LogP contribution in [0.4, 0.5) is 5.69 Å². The van der Waals surface area contributed by atoms with Crippen LogP contribution in [-0.2, 0) is 14.8 Å². The second-order valence-electron chi connectivity index (χ2n) is 6.28.